The Hall–Kier alpha value is -1.69. The van der Waals surface area contributed by atoms with Gasteiger partial charge in [-0.2, -0.15) is 0 Å². The van der Waals surface area contributed by atoms with Crippen molar-refractivity contribution in [2.75, 3.05) is 31.6 Å². The molecule has 18 heavy (non-hydrogen) atoms. The first-order valence-electron chi connectivity index (χ1n) is 5.93. The molecule has 1 fully saturated rings. The van der Waals surface area contributed by atoms with E-state index in [9.17, 15) is 4.79 Å². The third kappa shape index (κ3) is 2.43. The first kappa shape index (κ1) is 12.8. The van der Waals surface area contributed by atoms with E-state index in [4.69, 9.17) is 0 Å². The van der Waals surface area contributed by atoms with Gasteiger partial charge in [-0.1, -0.05) is 0 Å². The number of anilines is 1. The van der Waals surface area contributed by atoms with Crippen LogP contribution in [0.5, 0.6) is 0 Å². The molecule has 1 aliphatic heterocycles. The number of ether oxygens (including phenoxy) is 1. The fourth-order valence-corrected chi connectivity index (χ4v) is 2.10. The van der Waals surface area contributed by atoms with Gasteiger partial charge in [-0.25, -0.2) is 9.78 Å². The van der Waals surface area contributed by atoms with Gasteiger partial charge in [0.25, 0.3) is 0 Å². The van der Waals surface area contributed by atoms with Gasteiger partial charge in [0.2, 0.25) is 0 Å². The summed E-state index contributed by atoms with van der Waals surface area (Å²) in [5.41, 5.74) is 0.186. The Kier molecular flexibility index (Phi) is 3.47. The van der Waals surface area contributed by atoms with Crippen LogP contribution in [0.25, 0.3) is 0 Å². The highest BCUT2D eigenvalue weighted by atomic mass is 16.5. The Labute approximate surface area is 106 Å². The van der Waals surface area contributed by atoms with E-state index < -0.39 is 5.97 Å². The molecule has 2 rings (SSSR count). The van der Waals surface area contributed by atoms with Crippen molar-refractivity contribution in [3.05, 3.63) is 18.1 Å². The fraction of sp³-hybridized carbons (Fsp3) is 0.583. The van der Waals surface area contributed by atoms with Crippen molar-refractivity contribution in [1.29, 1.82) is 0 Å². The number of carbonyl (C=O) groups excluding carboxylic acids is 1. The predicted octanol–water partition coefficient (Wildman–Crippen LogP) is 0.451. The molecule has 1 aromatic heterocycles. The highest BCUT2D eigenvalue weighted by molar-refractivity contribution is 5.87. The SMILES string of the molecule is COC(=O)c1cncc(N2CCNCC2(C)C)n1. The number of methoxy groups -OCH3 is 1. The Bertz CT molecular complexity index is 447. The van der Waals surface area contributed by atoms with Gasteiger partial charge < -0.3 is 15.0 Å². The molecule has 6 nitrogen and oxygen atoms in total. The van der Waals surface area contributed by atoms with Crippen molar-refractivity contribution in [2.45, 2.75) is 19.4 Å². The second-order valence-electron chi connectivity index (χ2n) is 4.89. The molecule has 0 atom stereocenters. The van der Waals surface area contributed by atoms with Gasteiger partial charge in [0.15, 0.2) is 5.69 Å². The summed E-state index contributed by atoms with van der Waals surface area (Å²) < 4.78 is 4.66. The highest BCUT2D eigenvalue weighted by Gasteiger charge is 2.31. The molecule has 0 bridgehead atoms. The quantitative estimate of drug-likeness (QED) is 0.769. The first-order chi connectivity index (χ1) is 8.54. The minimum absolute atomic E-state index is 0.0539. The van der Waals surface area contributed by atoms with Crippen LogP contribution in [0.4, 0.5) is 5.82 Å². The summed E-state index contributed by atoms with van der Waals surface area (Å²) in [6, 6.07) is 0. The van der Waals surface area contributed by atoms with Gasteiger partial charge in [-0.15, -0.1) is 0 Å². The van der Waals surface area contributed by atoms with Crippen molar-refractivity contribution in [3.63, 3.8) is 0 Å². The average Bonchev–Trinajstić information content (AvgIpc) is 2.37. The lowest BCUT2D eigenvalue weighted by molar-refractivity contribution is 0.0593. The third-order valence-electron chi connectivity index (χ3n) is 3.09. The number of rotatable bonds is 2. The second-order valence-corrected chi connectivity index (χ2v) is 4.89. The zero-order valence-electron chi connectivity index (χ0n) is 10.9. The standard InChI is InChI=1S/C12H18N4O2/c1-12(2)8-13-4-5-16(12)10-7-14-6-9(15-10)11(17)18-3/h6-7,13H,4-5,8H2,1-3H3. The lowest BCUT2D eigenvalue weighted by atomic mass is 10.0. The zero-order chi connectivity index (χ0) is 13.2. The van der Waals surface area contributed by atoms with E-state index >= 15 is 0 Å². The Morgan fingerprint density at radius 1 is 1.50 bits per heavy atom. The second kappa shape index (κ2) is 4.89. The van der Waals surface area contributed by atoms with Gasteiger partial charge in [0.1, 0.15) is 5.82 Å². The van der Waals surface area contributed by atoms with E-state index in [2.05, 4.69) is 38.8 Å². The van der Waals surface area contributed by atoms with Gasteiger partial charge >= 0.3 is 5.97 Å². The summed E-state index contributed by atoms with van der Waals surface area (Å²) in [6.07, 6.45) is 3.10. The fourth-order valence-electron chi connectivity index (χ4n) is 2.10. The number of carbonyl (C=O) groups is 1. The summed E-state index contributed by atoms with van der Waals surface area (Å²) in [4.78, 5) is 22.0. The van der Waals surface area contributed by atoms with Crippen molar-refractivity contribution in [1.82, 2.24) is 15.3 Å². The van der Waals surface area contributed by atoms with E-state index in [1.165, 1.54) is 13.3 Å². The summed E-state index contributed by atoms with van der Waals surface area (Å²) in [5.74, 6) is 0.252. The Morgan fingerprint density at radius 2 is 2.28 bits per heavy atom. The molecule has 6 heteroatoms. The van der Waals surface area contributed by atoms with Crippen molar-refractivity contribution >= 4 is 11.8 Å². The van der Waals surface area contributed by atoms with Gasteiger partial charge in [0, 0.05) is 25.2 Å². The zero-order valence-corrected chi connectivity index (χ0v) is 10.9. The molecular weight excluding hydrogens is 232 g/mol. The molecule has 98 valence electrons. The summed E-state index contributed by atoms with van der Waals surface area (Å²) >= 11 is 0. The van der Waals surface area contributed by atoms with Crippen molar-refractivity contribution < 1.29 is 9.53 Å². The summed E-state index contributed by atoms with van der Waals surface area (Å²) in [5, 5.41) is 3.34. The number of nitrogens with zero attached hydrogens (tertiary/aromatic N) is 3. The number of hydrogen-bond donors (Lipinski definition) is 1. The van der Waals surface area contributed by atoms with Crippen LogP contribution in [0, 0.1) is 0 Å². The van der Waals surface area contributed by atoms with Crippen LogP contribution < -0.4 is 10.2 Å². The number of piperazine rings is 1. The van der Waals surface area contributed by atoms with E-state index in [1.807, 2.05) is 0 Å². The molecule has 0 amide bonds. The number of esters is 1. The molecule has 0 saturated carbocycles. The predicted molar refractivity (Wildman–Crippen MR) is 67.7 cm³/mol. The van der Waals surface area contributed by atoms with Crippen molar-refractivity contribution in [3.8, 4) is 0 Å². The molecule has 0 aliphatic carbocycles. The van der Waals surface area contributed by atoms with E-state index in [-0.39, 0.29) is 11.2 Å². The Balaban J connectivity index is 2.30. The maximum atomic E-state index is 11.5. The van der Waals surface area contributed by atoms with Crippen LogP contribution in [-0.4, -0.2) is 48.2 Å². The molecule has 0 unspecified atom stereocenters. The molecule has 2 heterocycles. The minimum Gasteiger partial charge on any atom is -0.464 e. The van der Waals surface area contributed by atoms with E-state index in [0.717, 1.165) is 19.6 Å². The first-order valence-corrected chi connectivity index (χ1v) is 5.93. The Morgan fingerprint density at radius 3 is 2.94 bits per heavy atom. The molecule has 1 aromatic rings. The number of hydrogen-bond acceptors (Lipinski definition) is 6. The summed E-state index contributed by atoms with van der Waals surface area (Å²) in [6.45, 7) is 6.87. The lowest BCUT2D eigenvalue weighted by Crippen LogP contribution is -2.58. The minimum atomic E-state index is -0.461. The maximum absolute atomic E-state index is 11.5. The van der Waals surface area contributed by atoms with Crippen LogP contribution in [0.15, 0.2) is 12.4 Å². The third-order valence-corrected chi connectivity index (χ3v) is 3.09. The van der Waals surface area contributed by atoms with E-state index in [1.54, 1.807) is 6.20 Å². The van der Waals surface area contributed by atoms with Gasteiger partial charge in [-0.05, 0) is 13.8 Å². The van der Waals surface area contributed by atoms with Crippen LogP contribution in [0.2, 0.25) is 0 Å². The number of nitrogens with one attached hydrogen (secondary N) is 1. The maximum Gasteiger partial charge on any atom is 0.358 e. The van der Waals surface area contributed by atoms with Crippen LogP contribution in [0.1, 0.15) is 24.3 Å². The van der Waals surface area contributed by atoms with Crippen LogP contribution >= 0.6 is 0 Å². The van der Waals surface area contributed by atoms with Gasteiger partial charge in [0.05, 0.1) is 19.5 Å². The topological polar surface area (TPSA) is 67.3 Å². The largest absolute Gasteiger partial charge is 0.464 e. The molecule has 0 radical (unpaired) electrons. The molecule has 1 saturated heterocycles. The van der Waals surface area contributed by atoms with Crippen LogP contribution in [-0.2, 0) is 4.74 Å². The molecule has 0 spiro atoms. The smallest absolute Gasteiger partial charge is 0.358 e. The monoisotopic (exact) mass is 250 g/mol. The molecule has 1 N–H and O–H groups in total. The molecule has 0 aromatic carbocycles. The molecule has 1 aliphatic rings. The van der Waals surface area contributed by atoms with E-state index in [0.29, 0.717) is 5.82 Å². The van der Waals surface area contributed by atoms with Crippen molar-refractivity contribution in [2.24, 2.45) is 0 Å². The average molecular weight is 250 g/mol. The lowest BCUT2D eigenvalue weighted by Gasteiger charge is -2.43. The van der Waals surface area contributed by atoms with Gasteiger partial charge in [-0.3, -0.25) is 4.98 Å². The molecular formula is C12H18N4O2. The highest BCUT2D eigenvalue weighted by Crippen LogP contribution is 2.22. The van der Waals surface area contributed by atoms with Crippen LogP contribution in [0.3, 0.4) is 0 Å². The number of aromatic nitrogens is 2. The summed E-state index contributed by atoms with van der Waals surface area (Å²) in [7, 11) is 1.34. The normalized spacial score (nSPS) is 18.5.